The van der Waals surface area contributed by atoms with Crippen LogP contribution in [0.4, 0.5) is 23.1 Å². The Balaban J connectivity index is 0.00000241. The summed E-state index contributed by atoms with van der Waals surface area (Å²) in [6.45, 7) is 5.09. The highest BCUT2D eigenvalue weighted by molar-refractivity contribution is 7.92. The lowest BCUT2D eigenvalue weighted by atomic mass is 9.99. The number of benzene rings is 2. The Morgan fingerprint density at radius 1 is 1.08 bits per heavy atom. The van der Waals surface area contributed by atoms with Crippen molar-refractivity contribution in [3.8, 4) is 5.75 Å². The Kier molecular flexibility index (Phi) is 11.0. The van der Waals surface area contributed by atoms with Crippen molar-refractivity contribution in [1.29, 1.82) is 0 Å². The second-order valence-corrected chi connectivity index (χ2v) is 11.2. The zero-order valence-corrected chi connectivity index (χ0v) is 23.8. The molecule has 0 saturated carbocycles. The van der Waals surface area contributed by atoms with Crippen molar-refractivity contribution >= 4 is 75.0 Å². The number of para-hydroxylation sites is 1. The predicted molar refractivity (Wildman–Crippen MR) is 155 cm³/mol. The quantitative estimate of drug-likeness (QED) is 0.294. The van der Waals surface area contributed by atoms with E-state index in [1.807, 2.05) is 18.2 Å². The van der Waals surface area contributed by atoms with Crippen LogP contribution in [0.5, 0.6) is 5.75 Å². The lowest BCUT2D eigenvalue weighted by molar-refractivity contribution is 0.416. The first-order valence-electron chi connectivity index (χ1n) is 11.3. The Bertz CT molecular complexity index is 1370. The minimum atomic E-state index is -3.51. The molecule has 1 aliphatic heterocycles. The molecular formula is C25H30Cl3N5O3S. The van der Waals surface area contributed by atoms with E-state index in [4.69, 9.17) is 16.3 Å². The number of rotatable bonds is 8. The van der Waals surface area contributed by atoms with Gasteiger partial charge >= 0.3 is 0 Å². The van der Waals surface area contributed by atoms with Gasteiger partial charge in [-0.05, 0) is 62.2 Å². The molecular weight excluding hydrogens is 557 g/mol. The van der Waals surface area contributed by atoms with Gasteiger partial charge in [-0.15, -0.1) is 24.8 Å². The Morgan fingerprint density at radius 2 is 1.84 bits per heavy atom. The van der Waals surface area contributed by atoms with Crippen molar-refractivity contribution in [1.82, 2.24) is 15.3 Å². The number of hydrogen-bond acceptors (Lipinski definition) is 8. The van der Waals surface area contributed by atoms with E-state index in [1.165, 1.54) is 11.8 Å². The van der Waals surface area contributed by atoms with Crippen LogP contribution < -0.4 is 20.7 Å². The third kappa shape index (κ3) is 7.06. The predicted octanol–water partition coefficient (Wildman–Crippen LogP) is 6.03. The first-order chi connectivity index (χ1) is 16.8. The molecule has 0 aliphatic carbocycles. The molecule has 3 aromatic rings. The Labute approximate surface area is 235 Å². The summed E-state index contributed by atoms with van der Waals surface area (Å²) >= 11 is 6.34. The van der Waals surface area contributed by atoms with Crippen molar-refractivity contribution in [3.63, 3.8) is 0 Å². The van der Waals surface area contributed by atoms with Crippen molar-refractivity contribution < 1.29 is 13.2 Å². The van der Waals surface area contributed by atoms with Gasteiger partial charge in [0.15, 0.2) is 15.7 Å². The zero-order valence-electron chi connectivity index (χ0n) is 20.6. The molecule has 2 aromatic carbocycles. The molecule has 1 aromatic heterocycles. The molecule has 2 heterocycles. The van der Waals surface area contributed by atoms with Gasteiger partial charge in [-0.1, -0.05) is 35.9 Å². The number of nitrogens with one attached hydrogen (secondary N) is 3. The topological polar surface area (TPSA) is 105 Å². The monoisotopic (exact) mass is 585 g/mol. The molecule has 0 unspecified atom stereocenters. The van der Waals surface area contributed by atoms with E-state index in [9.17, 15) is 8.42 Å². The summed E-state index contributed by atoms with van der Waals surface area (Å²) < 4.78 is 31.2. The largest absolute Gasteiger partial charge is 0.495 e. The Morgan fingerprint density at radius 3 is 2.51 bits per heavy atom. The highest BCUT2D eigenvalue weighted by Gasteiger charge is 2.23. The average molecular weight is 587 g/mol. The summed E-state index contributed by atoms with van der Waals surface area (Å²) in [5, 5.41) is 9.24. The van der Waals surface area contributed by atoms with Crippen LogP contribution in [0.1, 0.15) is 25.8 Å². The molecule has 37 heavy (non-hydrogen) atoms. The fourth-order valence-corrected chi connectivity index (χ4v) is 5.05. The first kappa shape index (κ1) is 30.7. The molecule has 0 radical (unpaired) electrons. The minimum Gasteiger partial charge on any atom is -0.495 e. The van der Waals surface area contributed by atoms with Crippen molar-refractivity contribution in [2.45, 2.75) is 30.4 Å². The number of aromatic nitrogens is 2. The van der Waals surface area contributed by atoms with Crippen LogP contribution in [0.15, 0.2) is 59.6 Å². The number of ether oxygens (including phenoxy) is 1. The number of methoxy groups -OCH3 is 1. The van der Waals surface area contributed by atoms with E-state index in [0.717, 1.165) is 25.1 Å². The fraction of sp³-hybridized carbons (Fsp3) is 0.280. The molecule has 0 fully saturated rings. The van der Waals surface area contributed by atoms with Crippen LogP contribution in [0.25, 0.3) is 5.57 Å². The van der Waals surface area contributed by atoms with Crippen LogP contribution in [0.3, 0.4) is 0 Å². The van der Waals surface area contributed by atoms with Crippen LogP contribution in [-0.4, -0.2) is 43.8 Å². The molecule has 1 aliphatic rings. The van der Waals surface area contributed by atoms with Gasteiger partial charge in [0.25, 0.3) is 0 Å². The van der Waals surface area contributed by atoms with Crippen LogP contribution in [-0.2, 0) is 9.84 Å². The van der Waals surface area contributed by atoms with Gasteiger partial charge in [-0.3, -0.25) is 0 Å². The molecule has 8 nitrogen and oxygen atoms in total. The van der Waals surface area contributed by atoms with Crippen LogP contribution in [0.2, 0.25) is 5.02 Å². The summed E-state index contributed by atoms with van der Waals surface area (Å²) in [4.78, 5) is 8.94. The standard InChI is InChI=1S/C25H28ClN5O3S.2ClH/c1-16(2)35(32,33)23-7-5-4-6-21(23)29-24-19(26)15-28-25(31-24)30-20-9-8-18(14-22(20)34-3)17-10-12-27-13-11-17;;/h4-10,14-16,27H,11-13H2,1-3H3,(H2,28,29,30,31);2*1H. The third-order valence-electron chi connectivity index (χ3n) is 5.69. The molecule has 4 rings (SSSR count). The van der Waals surface area contributed by atoms with E-state index in [1.54, 1.807) is 45.2 Å². The number of sulfone groups is 1. The maximum atomic E-state index is 12.8. The summed E-state index contributed by atoms with van der Waals surface area (Å²) in [5.74, 6) is 1.22. The van der Waals surface area contributed by atoms with Gasteiger partial charge in [0.05, 0.1) is 34.8 Å². The lowest BCUT2D eigenvalue weighted by Gasteiger charge is -2.17. The molecule has 0 bridgehead atoms. The number of hydrogen-bond donors (Lipinski definition) is 3. The fourth-order valence-electron chi connectivity index (χ4n) is 3.71. The molecule has 0 saturated heterocycles. The van der Waals surface area contributed by atoms with E-state index >= 15 is 0 Å². The molecule has 0 spiro atoms. The van der Waals surface area contributed by atoms with Crippen LogP contribution >= 0.6 is 36.4 Å². The normalized spacial score (nSPS) is 13.2. The average Bonchev–Trinajstić information content (AvgIpc) is 2.87. The molecule has 3 N–H and O–H groups in total. The molecule has 200 valence electrons. The second kappa shape index (κ2) is 13.3. The summed E-state index contributed by atoms with van der Waals surface area (Å²) in [7, 11) is -1.90. The molecule has 0 amide bonds. The number of anilines is 4. The first-order valence-corrected chi connectivity index (χ1v) is 13.2. The maximum Gasteiger partial charge on any atom is 0.229 e. The van der Waals surface area contributed by atoms with Gasteiger partial charge in [0.1, 0.15) is 10.8 Å². The second-order valence-electron chi connectivity index (χ2n) is 8.33. The van der Waals surface area contributed by atoms with Gasteiger partial charge in [0, 0.05) is 6.54 Å². The smallest absolute Gasteiger partial charge is 0.229 e. The SMILES string of the molecule is COc1cc(C2=CCNCC2)ccc1Nc1ncc(Cl)c(Nc2ccccc2S(=O)(=O)C(C)C)n1.Cl.Cl. The Hall–Kier alpha value is -2.56. The zero-order chi connectivity index (χ0) is 25.0. The van der Waals surface area contributed by atoms with E-state index < -0.39 is 15.1 Å². The van der Waals surface area contributed by atoms with Crippen LogP contribution in [0, 0.1) is 0 Å². The highest BCUT2D eigenvalue weighted by atomic mass is 35.5. The summed E-state index contributed by atoms with van der Waals surface area (Å²) in [5.41, 5.74) is 3.47. The van der Waals surface area contributed by atoms with Crippen molar-refractivity contribution in [2.24, 2.45) is 0 Å². The summed E-state index contributed by atoms with van der Waals surface area (Å²) in [6, 6.07) is 12.6. The van der Waals surface area contributed by atoms with Gasteiger partial charge in [-0.25, -0.2) is 13.4 Å². The number of halogens is 3. The van der Waals surface area contributed by atoms with Gasteiger partial charge in [0.2, 0.25) is 5.95 Å². The maximum absolute atomic E-state index is 12.8. The highest BCUT2D eigenvalue weighted by Crippen LogP contribution is 2.33. The minimum absolute atomic E-state index is 0. The van der Waals surface area contributed by atoms with Crippen molar-refractivity contribution in [3.05, 3.63) is 65.3 Å². The summed E-state index contributed by atoms with van der Waals surface area (Å²) in [6.07, 6.45) is 4.60. The van der Waals surface area contributed by atoms with Crippen molar-refractivity contribution in [2.75, 3.05) is 30.8 Å². The molecule has 0 atom stereocenters. The number of nitrogens with zero attached hydrogens (tertiary/aromatic N) is 2. The van der Waals surface area contributed by atoms with E-state index in [2.05, 4.69) is 32.0 Å². The third-order valence-corrected chi connectivity index (χ3v) is 8.18. The van der Waals surface area contributed by atoms with E-state index in [0.29, 0.717) is 17.1 Å². The van der Waals surface area contributed by atoms with Gasteiger partial charge < -0.3 is 20.7 Å². The van der Waals surface area contributed by atoms with Gasteiger partial charge in [-0.2, -0.15) is 4.98 Å². The molecule has 12 heteroatoms. The lowest BCUT2D eigenvalue weighted by Crippen LogP contribution is -2.20. The van der Waals surface area contributed by atoms with E-state index in [-0.39, 0.29) is 46.5 Å².